The maximum Gasteiger partial charge on any atom is 0.344 e. The Morgan fingerprint density at radius 3 is 1.36 bits per heavy atom. The van der Waals surface area contributed by atoms with Crippen LogP contribution in [0.4, 0.5) is 11.4 Å². The highest BCUT2D eigenvalue weighted by Crippen LogP contribution is 2.54. The minimum Gasteiger partial charge on any atom is -0.493 e. The lowest BCUT2D eigenvalue weighted by atomic mass is 9.91. The van der Waals surface area contributed by atoms with Crippen molar-refractivity contribution in [2.24, 2.45) is 0 Å². The highest BCUT2D eigenvalue weighted by Gasteiger charge is 2.33. The largest absolute Gasteiger partial charge is 0.493 e. The number of nitrogens with zero attached hydrogens (tertiary/aromatic N) is 3. The van der Waals surface area contributed by atoms with Crippen LogP contribution >= 0.6 is 0 Å². The predicted molar refractivity (Wildman–Crippen MR) is 138 cm³/mol. The van der Waals surface area contributed by atoms with Gasteiger partial charge in [0.25, 0.3) is 0 Å². The van der Waals surface area contributed by atoms with Crippen LogP contribution in [0.25, 0.3) is 32.3 Å². The molecule has 0 aliphatic rings. The number of fused-ring (bicyclic) bond motifs is 6. The molecule has 4 aromatic carbocycles. The number of ether oxygens (including phenoxy) is 6. The van der Waals surface area contributed by atoms with Crippen molar-refractivity contribution >= 4 is 43.7 Å². The smallest absolute Gasteiger partial charge is 0.344 e. The van der Waals surface area contributed by atoms with Crippen LogP contribution in [0, 0.1) is 30.3 Å². The van der Waals surface area contributed by atoms with Gasteiger partial charge in [-0.25, -0.2) is 0 Å². The molecule has 4 rings (SSSR count). The summed E-state index contributed by atoms with van der Waals surface area (Å²) in [6.07, 6.45) is 0. The van der Waals surface area contributed by atoms with E-state index < -0.39 is 32.9 Å². The van der Waals surface area contributed by atoms with Gasteiger partial charge in [0.1, 0.15) is 0 Å². The first-order chi connectivity index (χ1) is 18.6. The van der Waals surface area contributed by atoms with Crippen molar-refractivity contribution in [2.45, 2.75) is 0 Å². The maximum absolute atomic E-state index is 12.5. The molecular formula is C24H21N3O12. The zero-order valence-electron chi connectivity index (χ0n) is 21.3. The van der Waals surface area contributed by atoms with Gasteiger partial charge in [-0.1, -0.05) is 0 Å². The molecule has 0 aromatic heterocycles. The van der Waals surface area contributed by atoms with Crippen LogP contribution in [0.15, 0.2) is 24.3 Å². The van der Waals surface area contributed by atoms with Gasteiger partial charge < -0.3 is 28.4 Å². The Morgan fingerprint density at radius 2 is 0.974 bits per heavy atom. The average Bonchev–Trinajstić information content (AvgIpc) is 2.92. The lowest BCUT2D eigenvalue weighted by Gasteiger charge is -2.18. The van der Waals surface area contributed by atoms with Gasteiger partial charge in [0, 0.05) is 16.2 Å². The number of nitro groups is 3. The van der Waals surface area contributed by atoms with Gasteiger partial charge in [-0.3, -0.25) is 30.3 Å². The predicted octanol–water partition coefficient (Wildman–Crippen LogP) is 4.62. The molecular weight excluding hydrogens is 522 g/mol. The number of rotatable bonds is 10. The summed E-state index contributed by atoms with van der Waals surface area (Å²) in [4.78, 5) is 33.8. The zero-order valence-corrected chi connectivity index (χ0v) is 21.3. The first kappa shape index (κ1) is 26.7. The molecule has 204 valence electrons. The fourth-order valence-electron chi connectivity index (χ4n) is 4.64. The van der Waals surface area contributed by atoms with Crippen LogP contribution in [0.5, 0.6) is 34.5 Å². The van der Waals surface area contributed by atoms with Crippen molar-refractivity contribution in [3.63, 3.8) is 0 Å². The summed E-state index contributed by atoms with van der Waals surface area (Å²) in [5.41, 5.74) is -1.05. The minimum absolute atomic E-state index is 0.00906. The summed E-state index contributed by atoms with van der Waals surface area (Å²) in [6.45, 7) is -0.914. The van der Waals surface area contributed by atoms with Crippen molar-refractivity contribution in [2.75, 3.05) is 42.3 Å². The fourth-order valence-corrected chi connectivity index (χ4v) is 4.64. The van der Waals surface area contributed by atoms with Gasteiger partial charge in [-0.2, -0.15) is 0 Å². The first-order valence-corrected chi connectivity index (χ1v) is 11.0. The fraction of sp³-hybridized carbons (Fsp3) is 0.250. The van der Waals surface area contributed by atoms with E-state index in [1.165, 1.54) is 59.8 Å². The van der Waals surface area contributed by atoms with E-state index in [9.17, 15) is 30.3 Å². The molecule has 39 heavy (non-hydrogen) atoms. The average molecular weight is 543 g/mol. The van der Waals surface area contributed by atoms with E-state index in [0.717, 1.165) is 0 Å². The summed E-state index contributed by atoms with van der Waals surface area (Å²) in [7, 11) is 6.31. The van der Waals surface area contributed by atoms with Crippen LogP contribution in [0.2, 0.25) is 0 Å². The van der Waals surface area contributed by atoms with Crippen LogP contribution in [0.1, 0.15) is 0 Å². The molecule has 0 saturated heterocycles. The van der Waals surface area contributed by atoms with E-state index in [1.807, 2.05) is 0 Å². The van der Waals surface area contributed by atoms with Crippen molar-refractivity contribution in [1.82, 2.24) is 0 Å². The van der Waals surface area contributed by atoms with E-state index in [2.05, 4.69) is 0 Å². The van der Waals surface area contributed by atoms with Crippen molar-refractivity contribution in [1.29, 1.82) is 0 Å². The SMILES string of the molecule is COc1cc2c(cc1OC[N+](=O)[O-])c1c([N+](=O)[O-])c(OC)c(OC)cc1c1c([N+](=O)[O-])c(OC)c(OC)cc21. The standard InChI is InChI=1S/C24H21N3O12/c1-34-15-6-11-12(7-16(15)39-10-25(28)29)19-14(9-18(36-3)24(38-5)21(19)26(30)31)20-13(11)8-17(35-2)23(37-4)22(20)27(32)33/h6-9H,10H2,1-5H3. The number of benzene rings is 4. The van der Waals surface area contributed by atoms with E-state index in [0.29, 0.717) is 0 Å². The molecule has 0 heterocycles. The molecule has 15 heteroatoms. The van der Waals surface area contributed by atoms with Crippen LogP contribution in [-0.4, -0.2) is 57.0 Å². The molecule has 0 aliphatic heterocycles. The van der Waals surface area contributed by atoms with Gasteiger partial charge in [0.15, 0.2) is 23.0 Å². The van der Waals surface area contributed by atoms with Crippen molar-refractivity contribution < 1.29 is 43.2 Å². The normalized spacial score (nSPS) is 10.9. The topological polar surface area (TPSA) is 185 Å². The third-order valence-electron chi connectivity index (χ3n) is 6.11. The van der Waals surface area contributed by atoms with Gasteiger partial charge in [0.2, 0.25) is 11.5 Å². The van der Waals surface area contributed by atoms with E-state index in [4.69, 9.17) is 28.4 Å². The number of hydrogen-bond donors (Lipinski definition) is 0. The summed E-state index contributed by atoms with van der Waals surface area (Å²) >= 11 is 0. The summed E-state index contributed by atoms with van der Waals surface area (Å²) in [5.74, 6) is -0.500. The third-order valence-corrected chi connectivity index (χ3v) is 6.11. The molecule has 0 aliphatic carbocycles. The lowest BCUT2D eigenvalue weighted by Crippen LogP contribution is -2.09. The molecule has 4 aromatic rings. The van der Waals surface area contributed by atoms with Gasteiger partial charge >= 0.3 is 18.1 Å². The van der Waals surface area contributed by atoms with Gasteiger partial charge in [-0.05, 0) is 29.7 Å². The molecule has 0 fully saturated rings. The number of methoxy groups -OCH3 is 5. The Balaban J connectivity index is 2.44. The Hall–Kier alpha value is -5.34. The van der Waals surface area contributed by atoms with Gasteiger partial charge in [0.05, 0.1) is 61.1 Å². The Kier molecular flexibility index (Phi) is 6.99. The number of hydrogen-bond acceptors (Lipinski definition) is 12. The maximum atomic E-state index is 12.5. The zero-order chi connectivity index (χ0) is 28.6. The molecule has 0 spiro atoms. The second-order valence-electron chi connectivity index (χ2n) is 7.94. The molecule has 0 saturated carbocycles. The Bertz CT molecular complexity index is 1690. The van der Waals surface area contributed by atoms with E-state index in [-0.39, 0.29) is 66.8 Å². The summed E-state index contributed by atoms with van der Waals surface area (Å²) in [6, 6.07) is 5.62. The van der Waals surface area contributed by atoms with Gasteiger partial charge in [-0.15, -0.1) is 0 Å². The molecule has 0 N–H and O–H groups in total. The highest BCUT2D eigenvalue weighted by molar-refractivity contribution is 6.31. The highest BCUT2D eigenvalue weighted by atomic mass is 16.7. The van der Waals surface area contributed by atoms with Crippen LogP contribution in [-0.2, 0) is 0 Å². The Morgan fingerprint density at radius 1 is 0.564 bits per heavy atom. The summed E-state index contributed by atoms with van der Waals surface area (Å²) < 4.78 is 32.0. The van der Waals surface area contributed by atoms with Crippen LogP contribution < -0.4 is 28.4 Å². The van der Waals surface area contributed by atoms with Crippen LogP contribution in [0.3, 0.4) is 0 Å². The molecule has 0 radical (unpaired) electrons. The van der Waals surface area contributed by atoms with E-state index >= 15 is 0 Å². The monoisotopic (exact) mass is 543 g/mol. The van der Waals surface area contributed by atoms with Crippen molar-refractivity contribution in [3.05, 3.63) is 54.6 Å². The quantitative estimate of drug-likeness (QED) is 0.117. The molecule has 15 nitrogen and oxygen atoms in total. The second kappa shape index (κ2) is 10.2. The van der Waals surface area contributed by atoms with E-state index in [1.54, 1.807) is 0 Å². The Labute approximate surface area is 218 Å². The second-order valence-corrected chi connectivity index (χ2v) is 7.94. The lowest BCUT2D eigenvalue weighted by molar-refractivity contribution is -0.514. The molecule has 0 unspecified atom stereocenters. The molecule has 0 amide bonds. The first-order valence-electron chi connectivity index (χ1n) is 11.0. The summed E-state index contributed by atoms with van der Waals surface area (Å²) in [5, 5.41) is 36.5. The molecule has 0 bridgehead atoms. The molecule has 0 atom stereocenters. The van der Waals surface area contributed by atoms with Crippen molar-refractivity contribution in [3.8, 4) is 34.5 Å². The number of nitro benzene ring substituents is 2. The third kappa shape index (κ3) is 4.18. The minimum atomic E-state index is -0.914.